The molecule has 1 aliphatic heterocycles. The molecule has 0 radical (unpaired) electrons. The minimum atomic E-state index is -1.08. The maximum atomic E-state index is 11.0. The second-order valence-corrected chi connectivity index (χ2v) is 4.48. The van der Waals surface area contributed by atoms with Gasteiger partial charge in [0.25, 0.3) is 0 Å². The van der Waals surface area contributed by atoms with Crippen LogP contribution in [0.2, 0.25) is 5.15 Å². The summed E-state index contributed by atoms with van der Waals surface area (Å²) in [6.07, 6.45) is 3.08. The van der Waals surface area contributed by atoms with Crippen LogP contribution in [0.1, 0.15) is 29.6 Å². The van der Waals surface area contributed by atoms with E-state index in [1.54, 1.807) is 0 Å². The number of carboxylic acids is 1. The number of aromatic nitrogens is 1. The normalized spacial score (nSPS) is 19.5. The van der Waals surface area contributed by atoms with Gasteiger partial charge in [-0.1, -0.05) is 11.6 Å². The number of hydrogen-bond donors (Lipinski definition) is 1. The van der Waals surface area contributed by atoms with Crippen molar-refractivity contribution in [3.8, 4) is 5.88 Å². The summed E-state index contributed by atoms with van der Waals surface area (Å²) in [6, 6.07) is 2.81. The summed E-state index contributed by atoms with van der Waals surface area (Å²) in [5.41, 5.74) is 0.00945. The molecule has 0 bridgehead atoms. The number of aromatic carboxylic acids is 1. The van der Waals surface area contributed by atoms with Crippen LogP contribution < -0.4 is 4.74 Å². The van der Waals surface area contributed by atoms with Crippen LogP contribution in [-0.4, -0.2) is 35.4 Å². The summed E-state index contributed by atoms with van der Waals surface area (Å²) in [7, 11) is 0. The number of hydrogen-bond acceptors (Lipinski definition) is 4. The molecule has 5 nitrogen and oxygen atoms in total. The monoisotopic (exact) mass is 271 g/mol. The summed E-state index contributed by atoms with van der Waals surface area (Å²) < 4.78 is 10.9. The molecule has 1 N–H and O–H groups in total. The second-order valence-electron chi connectivity index (χ2n) is 4.09. The zero-order valence-electron chi connectivity index (χ0n) is 9.76. The molecule has 1 atom stereocenters. The first-order chi connectivity index (χ1) is 8.66. The van der Waals surface area contributed by atoms with Crippen LogP contribution in [0, 0.1) is 0 Å². The molecule has 2 heterocycles. The van der Waals surface area contributed by atoms with Gasteiger partial charge in [0.15, 0.2) is 0 Å². The predicted octanol–water partition coefficient (Wildman–Crippen LogP) is 2.38. The van der Waals surface area contributed by atoms with Gasteiger partial charge in [-0.3, -0.25) is 0 Å². The third-order valence-electron chi connectivity index (χ3n) is 2.74. The van der Waals surface area contributed by atoms with Gasteiger partial charge in [0.1, 0.15) is 17.3 Å². The zero-order valence-corrected chi connectivity index (χ0v) is 10.5. The number of carbonyl (C=O) groups is 1. The van der Waals surface area contributed by atoms with Gasteiger partial charge in [0.05, 0.1) is 6.10 Å². The molecule has 0 amide bonds. The third-order valence-corrected chi connectivity index (χ3v) is 2.95. The summed E-state index contributed by atoms with van der Waals surface area (Å²) in [6.45, 7) is 1.02. The first-order valence-electron chi connectivity index (χ1n) is 5.81. The molecule has 0 spiro atoms. The Morgan fingerprint density at radius 1 is 1.56 bits per heavy atom. The van der Waals surface area contributed by atoms with Crippen LogP contribution in [0.25, 0.3) is 0 Å². The Bertz CT molecular complexity index is 432. The summed E-state index contributed by atoms with van der Waals surface area (Å²) in [4.78, 5) is 14.9. The fourth-order valence-corrected chi connectivity index (χ4v) is 1.94. The van der Waals surface area contributed by atoms with E-state index in [0.717, 1.165) is 25.9 Å². The number of carboxylic acid groups (broad SMARTS) is 1. The van der Waals surface area contributed by atoms with Gasteiger partial charge < -0.3 is 14.6 Å². The largest absolute Gasteiger partial charge is 0.477 e. The van der Waals surface area contributed by atoms with E-state index in [4.69, 9.17) is 26.2 Å². The lowest BCUT2D eigenvalue weighted by Crippen LogP contribution is -2.26. The molecule has 1 saturated heterocycles. The Kier molecular flexibility index (Phi) is 4.38. The van der Waals surface area contributed by atoms with E-state index < -0.39 is 5.97 Å². The first kappa shape index (κ1) is 13.1. The summed E-state index contributed by atoms with van der Waals surface area (Å²) in [5.74, 6) is -1.04. The van der Waals surface area contributed by atoms with E-state index in [9.17, 15) is 4.79 Å². The van der Waals surface area contributed by atoms with E-state index in [1.807, 2.05) is 0 Å². The Morgan fingerprint density at radius 2 is 2.39 bits per heavy atom. The molecule has 0 aromatic carbocycles. The van der Waals surface area contributed by atoms with Crippen LogP contribution in [0.15, 0.2) is 12.1 Å². The molecule has 1 aromatic heterocycles. The smallest absolute Gasteiger partial charge is 0.341 e. The van der Waals surface area contributed by atoms with Gasteiger partial charge in [0.2, 0.25) is 5.88 Å². The third kappa shape index (κ3) is 3.34. The highest BCUT2D eigenvalue weighted by molar-refractivity contribution is 6.29. The van der Waals surface area contributed by atoms with Gasteiger partial charge in [-0.05, 0) is 31.4 Å². The standard InChI is InChI=1S/C12H14ClNO4/c13-10-5-4-9(12(15)16)11(14-10)18-7-8-3-1-2-6-17-8/h4-5,8H,1-3,6-7H2,(H,15,16). The Balaban J connectivity index is 2.03. The zero-order chi connectivity index (χ0) is 13.0. The van der Waals surface area contributed by atoms with E-state index in [-0.39, 0.29) is 22.7 Å². The molecule has 1 unspecified atom stereocenters. The number of ether oxygens (including phenoxy) is 2. The lowest BCUT2D eigenvalue weighted by molar-refractivity contribution is -0.0122. The number of nitrogens with zero attached hydrogens (tertiary/aromatic N) is 1. The fourth-order valence-electron chi connectivity index (χ4n) is 1.80. The minimum Gasteiger partial charge on any atom is -0.477 e. The van der Waals surface area contributed by atoms with Crippen LogP contribution >= 0.6 is 11.6 Å². The Hall–Kier alpha value is -1.33. The maximum absolute atomic E-state index is 11.0. The highest BCUT2D eigenvalue weighted by atomic mass is 35.5. The van der Waals surface area contributed by atoms with Crippen molar-refractivity contribution >= 4 is 17.6 Å². The maximum Gasteiger partial charge on any atom is 0.341 e. The highest BCUT2D eigenvalue weighted by Gasteiger charge is 2.18. The molecular weight excluding hydrogens is 258 g/mol. The van der Waals surface area contributed by atoms with Crippen molar-refractivity contribution in [2.75, 3.05) is 13.2 Å². The van der Waals surface area contributed by atoms with Gasteiger partial charge in [0, 0.05) is 6.61 Å². The fraction of sp³-hybridized carbons (Fsp3) is 0.500. The molecule has 98 valence electrons. The lowest BCUT2D eigenvalue weighted by atomic mass is 10.1. The van der Waals surface area contributed by atoms with Crippen LogP contribution in [0.5, 0.6) is 5.88 Å². The van der Waals surface area contributed by atoms with Crippen LogP contribution in [0.4, 0.5) is 0 Å². The highest BCUT2D eigenvalue weighted by Crippen LogP contribution is 2.20. The van der Waals surface area contributed by atoms with E-state index >= 15 is 0 Å². The molecular formula is C12H14ClNO4. The van der Waals surface area contributed by atoms with Crippen molar-refractivity contribution in [2.45, 2.75) is 25.4 Å². The van der Waals surface area contributed by atoms with Crippen molar-refractivity contribution < 1.29 is 19.4 Å². The number of halogens is 1. The Morgan fingerprint density at radius 3 is 3.06 bits per heavy atom. The number of rotatable bonds is 4. The van der Waals surface area contributed by atoms with Gasteiger partial charge in [-0.15, -0.1) is 0 Å². The average molecular weight is 272 g/mol. The summed E-state index contributed by atoms with van der Waals surface area (Å²) >= 11 is 5.73. The molecule has 0 aliphatic carbocycles. The molecule has 6 heteroatoms. The second kappa shape index (κ2) is 6.02. The van der Waals surface area contributed by atoms with Crippen LogP contribution in [0.3, 0.4) is 0 Å². The average Bonchev–Trinajstić information content (AvgIpc) is 2.37. The quantitative estimate of drug-likeness (QED) is 0.852. The molecule has 0 saturated carbocycles. The number of pyridine rings is 1. The molecule has 18 heavy (non-hydrogen) atoms. The topological polar surface area (TPSA) is 68.7 Å². The van der Waals surface area contributed by atoms with E-state index in [2.05, 4.69) is 4.98 Å². The van der Waals surface area contributed by atoms with Crippen molar-refractivity contribution in [1.29, 1.82) is 0 Å². The molecule has 1 aliphatic rings. The minimum absolute atomic E-state index is 0.00109. The van der Waals surface area contributed by atoms with Crippen molar-refractivity contribution in [1.82, 2.24) is 4.98 Å². The van der Waals surface area contributed by atoms with E-state index in [1.165, 1.54) is 12.1 Å². The predicted molar refractivity (Wildman–Crippen MR) is 65.3 cm³/mol. The van der Waals surface area contributed by atoms with Gasteiger partial charge in [-0.2, -0.15) is 0 Å². The van der Waals surface area contributed by atoms with Gasteiger partial charge >= 0.3 is 5.97 Å². The van der Waals surface area contributed by atoms with Gasteiger partial charge in [-0.25, -0.2) is 9.78 Å². The first-order valence-corrected chi connectivity index (χ1v) is 6.19. The lowest BCUT2D eigenvalue weighted by Gasteiger charge is -2.22. The van der Waals surface area contributed by atoms with Crippen molar-refractivity contribution in [3.05, 3.63) is 22.8 Å². The SMILES string of the molecule is O=C(O)c1ccc(Cl)nc1OCC1CCCCO1. The molecule has 1 fully saturated rings. The van der Waals surface area contributed by atoms with Crippen LogP contribution in [-0.2, 0) is 4.74 Å². The van der Waals surface area contributed by atoms with Crippen molar-refractivity contribution in [3.63, 3.8) is 0 Å². The molecule has 1 aromatic rings. The summed E-state index contributed by atoms with van der Waals surface area (Å²) in [5, 5.41) is 9.21. The Labute approximate surface area is 110 Å². The molecule has 2 rings (SSSR count). The van der Waals surface area contributed by atoms with Crippen molar-refractivity contribution in [2.24, 2.45) is 0 Å². The van der Waals surface area contributed by atoms with E-state index in [0.29, 0.717) is 6.61 Å².